The van der Waals surface area contributed by atoms with Gasteiger partial charge in [0.2, 0.25) is 0 Å². The predicted molar refractivity (Wildman–Crippen MR) is 127 cm³/mol. The highest BCUT2D eigenvalue weighted by atomic mass is 28.4. The number of carbonyl (C=O) groups is 1. The average molecular weight is 414 g/mol. The quantitative estimate of drug-likeness (QED) is 0.163. The number of rotatable bonds is 12. The molecule has 0 aliphatic carbocycles. The van der Waals surface area contributed by atoms with E-state index in [-0.39, 0.29) is 11.0 Å². The van der Waals surface area contributed by atoms with E-state index in [1.54, 1.807) is 0 Å². The summed E-state index contributed by atoms with van der Waals surface area (Å²) in [6.07, 6.45) is 12.7. The number of aromatic nitrogens is 1. The van der Waals surface area contributed by atoms with E-state index in [0.717, 1.165) is 44.9 Å². The van der Waals surface area contributed by atoms with Gasteiger partial charge in [0.25, 0.3) is 0 Å². The number of aldehydes is 1. The lowest BCUT2D eigenvalue weighted by Gasteiger charge is -2.35. The number of aryl methyl sites for hydroxylation is 1. The number of benzene rings is 1. The highest BCUT2D eigenvalue weighted by Gasteiger charge is 2.36. The van der Waals surface area contributed by atoms with Gasteiger partial charge in [-0.1, -0.05) is 64.0 Å². The van der Waals surface area contributed by atoms with Crippen LogP contribution in [-0.2, 0) is 15.8 Å². The molecular formula is C25H39NO2Si. The molecule has 3 nitrogen and oxygen atoms in total. The minimum absolute atomic E-state index is 0.131. The summed E-state index contributed by atoms with van der Waals surface area (Å²) >= 11 is 0. The summed E-state index contributed by atoms with van der Waals surface area (Å²) in [5, 5.41) is 1.54. The number of unbranched alkanes of at least 4 members (excludes halogenated alkanes) is 2. The molecule has 0 N–H and O–H groups in total. The van der Waals surface area contributed by atoms with Crippen LogP contribution < -0.4 is 0 Å². The minimum atomic E-state index is -1.68. The van der Waals surface area contributed by atoms with Crippen LogP contribution in [0.15, 0.2) is 48.7 Å². The zero-order valence-corrected chi connectivity index (χ0v) is 20.0. The molecular weight excluding hydrogens is 374 g/mol. The normalized spacial score (nSPS) is 14.0. The maximum Gasteiger partial charge on any atom is 0.192 e. The lowest BCUT2D eigenvalue weighted by molar-refractivity contribution is -0.111. The number of hydrogen-bond donors (Lipinski definition) is 0. The summed E-state index contributed by atoms with van der Waals surface area (Å²) in [6, 6.07) is 10.7. The Balaban J connectivity index is 1.63. The van der Waals surface area contributed by atoms with Gasteiger partial charge in [-0.25, -0.2) is 0 Å². The van der Waals surface area contributed by atoms with Crippen molar-refractivity contribution in [1.82, 2.24) is 4.57 Å². The Hall–Kier alpha value is -1.65. The van der Waals surface area contributed by atoms with Crippen LogP contribution in [0.2, 0.25) is 18.1 Å². The van der Waals surface area contributed by atoms with Crippen LogP contribution in [0.5, 0.6) is 0 Å². The summed E-state index contributed by atoms with van der Waals surface area (Å²) in [4.78, 5) is 11.4. The Morgan fingerprint density at radius 1 is 1.07 bits per heavy atom. The van der Waals surface area contributed by atoms with Gasteiger partial charge in [0.1, 0.15) is 6.29 Å². The Morgan fingerprint density at radius 2 is 1.83 bits per heavy atom. The number of carbonyl (C=O) groups excluding carboxylic acids is 1. The highest BCUT2D eigenvalue weighted by Crippen LogP contribution is 2.36. The largest absolute Gasteiger partial charge is 0.413 e. The fourth-order valence-electron chi connectivity index (χ4n) is 3.25. The smallest absolute Gasteiger partial charge is 0.192 e. The van der Waals surface area contributed by atoms with Crippen LogP contribution in [0.25, 0.3) is 10.9 Å². The first-order valence-electron chi connectivity index (χ1n) is 11.0. The molecule has 2 rings (SSSR count). The first-order valence-corrected chi connectivity index (χ1v) is 13.9. The fourth-order valence-corrected chi connectivity index (χ4v) is 4.20. The molecule has 2 aromatic rings. The topological polar surface area (TPSA) is 31.2 Å². The van der Waals surface area contributed by atoms with Gasteiger partial charge in [0.05, 0.1) is 6.61 Å². The van der Waals surface area contributed by atoms with Crippen molar-refractivity contribution < 1.29 is 9.22 Å². The molecule has 0 bridgehead atoms. The van der Waals surface area contributed by atoms with E-state index in [0.29, 0.717) is 6.61 Å². The molecule has 1 aromatic carbocycles. The van der Waals surface area contributed by atoms with Crippen molar-refractivity contribution in [3.63, 3.8) is 0 Å². The van der Waals surface area contributed by atoms with Gasteiger partial charge in [0.15, 0.2) is 8.32 Å². The third-order valence-electron chi connectivity index (χ3n) is 6.30. The van der Waals surface area contributed by atoms with E-state index in [2.05, 4.69) is 87.1 Å². The second-order valence-electron chi connectivity index (χ2n) is 9.59. The summed E-state index contributed by atoms with van der Waals surface area (Å²) < 4.78 is 8.48. The van der Waals surface area contributed by atoms with E-state index in [1.807, 2.05) is 0 Å². The van der Waals surface area contributed by atoms with Crippen LogP contribution in [-0.4, -0.2) is 25.8 Å². The van der Waals surface area contributed by atoms with Crippen molar-refractivity contribution in [1.29, 1.82) is 0 Å². The first kappa shape index (κ1) is 23.6. The first-order chi connectivity index (χ1) is 13.7. The molecule has 1 heterocycles. The number of nitrogens with zero attached hydrogens (tertiary/aromatic N) is 1. The summed E-state index contributed by atoms with van der Waals surface area (Å²) in [5.41, 5.74) is 1.31. The third kappa shape index (κ3) is 7.27. The van der Waals surface area contributed by atoms with Crippen molar-refractivity contribution in [3.05, 3.63) is 48.7 Å². The van der Waals surface area contributed by atoms with Crippen LogP contribution in [0.3, 0.4) is 0 Å². The van der Waals surface area contributed by atoms with Crippen molar-refractivity contribution in [2.45, 2.75) is 77.6 Å². The molecule has 0 saturated heterocycles. The van der Waals surface area contributed by atoms with Gasteiger partial charge < -0.3 is 13.8 Å². The number of hydrogen-bond acceptors (Lipinski definition) is 2. The summed E-state index contributed by atoms with van der Waals surface area (Å²) in [5.74, 6) is 0.131. The molecule has 0 aliphatic rings. The number of allylic oxidation sites excluding steroid dienone is 1. The van der Waals surface area contributed by atoms with E-state index >= 15 is 0 Å². The van der Waals surface area contributed by atoms with Gasteiger partial charge in [-0.2, -0.15) is 0 Å². The summed E-state index contributed by atoms with van der Waals surface area (Å²) in [6.45, 7) is 13.0. The minimum Gasteiger partial charge on any atom is -0.413 e. The molecule has 0 spiro atoms. The molecule has 0 saturated carbocycles. The van der Waals surface area contributed by atoms with Gasteiger partial charge in [-0.05, 0) is 54.9 Å². The van der Waals surface area contributed by atoms with E-state index < -0.39 is 8.32 Å². The zero-order valence-electron chi connectivity index (χ0n) is 19.0. The number of para-hydroxylation sites is 1. The molecule has 1 aromatic heterocycles. The molecule has 0 fully saturated rings. The monoisotopic (exact) mass is 413 g/mol. The molecule has 160 valence electrons. The van der Waals surface area contributed by atoms with Crippen molar-refractivity contribution in [2.24, 2.45) is 5.92 Å². The summed E-state index contributed by atoms with van der Waals surface area (Å²) in [7, 11) is -1.68. The predicted octanol–water partition coefficient (Wildman–Crippen LogP) is 6.98. The lowest BCUT2D eigenvalue weighted by atomic mass is 9.99. The Morgan fingerprint density at radius 3 is 2.55 bits per heavy atom. The maximum absolute atomic E-state index is 11.4. The van der Waals surface area contributed by atoms with Crippen LogP contribution in [0.1, 0.15) is 52.9 Å². The molecule has 0 aliphatic heterocycles. The van der Waals surface area contributed by atoms with Crippen LogP contribution >= 0.6 is 0 Å². The maximum atomic E-state index is 11.4. The van der Waals surface area contributed by atoms with Gasteiger partial charge in [-0.3, -0.25) is 0 Å². The van der Waals surface area contributed by atoms with Crippen molar-refractivity contribution in [3.8, 4) is 0 Å². The van der Waals surface area contributed by atoms with Crippen LogP contribution in [0.4, 0.5) is 0 Å². The Bertz CT molecular complexity index is 785. The Kier molecular flexibility index (Phi) is 8.91. The van der Waals surface area contributed by atoms with E-state index in [9.17, 15) is 4.79 Å². The number of fused-ring (bicyclic) bond motifs is 1. The van der Waals surface area contributed by atoms with Gasteiger partial charge >= 0.3 is 0 Å². The molecule has 0 amide bonds. The SMILES string of the molecule is CC(C)(C)[Si](C)(C)OC/C=C/C[C@@H](C=O)CCCCCn1ccc2ccccc21. The van der Waals surface area contributed by atoms with E-state index in [1.165, 1.54) is 10.9 Å². The van der Waals surface area contributed by atoms with Crippen molar-refractivity contribution in [2.75, 3.05) is 6.61 Å². The van der Waals surface area contributed by atoms with Crippen LogP contribution in [0, 0.1) is 5.92 Å². The molecule has 4 heteroatoms. The molecule has 29 heavy (non-hydrogen) atoms. The lowest BCUT2D eigenvalue weighted by Crippen LogP contribution is -2.40. The fraction of sp³-hybridized carbons (Fsp3) is 0.560. The Labute approximate surface area is 178 Å². The molecule has 0 unspecified atom stereocenters. The van der Waals surface area contributed by atoms with Crippen molar-refractivity contribution >= 4 is 25.5 Å². The zero-order chi connectivity index (χ0) is 21.3. The third-order valence-corrected chi connectivity index (χ3v) is 10.8. The van der Waals surface area contributed by atoms with Gasteiger partial charge in [-0.15, -0.1) is 0 Å². The standard InChI is InChI=1S/C25H39NO2Si/c1-25(2,3)29(4,5)28-20-12-10-14-22(21-27)13-7-6-11-18-26-19-17-23-15-8-9-16-24(23)26/h8-10,12,15-17,19,21-22H,6-7,11,13-14,18,20H2,1-5H3/b12-10+/t22-/m0/s1. The molecule has 1 atom stereocenters. The van der Waals surface area contributed by atoms with E-state index in [4.69, 9.17) is 4.43 Å². The highest BCUT2D eigenvalue weighted by molar-refractivity contribution is 6.74. The van der Waals surface area contributed by atoms with Gasteiger partial charge in [0, 0.05) is 24.2 Å². The second-order valence-corrected chi connectivity index (χ2v) is 14.4. The second kappa shape index (κ2) is 10.9. The molecule has 0 radical (unpaired) electrons. The average Bonchev–Trinajstić information content (AvgIpc) is 3.08.